The molecule has 0 saturated heterocycles. The number of hydrogen-bond acceptors (Lipinski definition) is 15. The molecule has 0 fully saturated rings. The van der Waals surface area contributed by atoms with Crippen molar-refractivity contribution in [2.75, 3.05) is 0 Å². The van der Waals surface area contributed by atoms with Gasteiger partial charge in [0.25, 0.3) is 0 Å². The van der Waals surface area contributed by atoms with Gasteiger partial charge in [0.15, 0.2) is 5.82 Å². The van der Waals surface area contributed by atoms with Crippen molar-refractivity contribution in [2.45, 2.75) is 62.3 Å². The number of aromatic nitrogens is 15. The molecular formula is C120H102FN15. The largest absolute Gasteiger partial charge is 0.264 e. The van der Waals surface area contributed by atoms with E-state index in [4.69, 9.17) is 0 Å². The van der Waals surface area contributed by atoms with Gasteiger partial charge in [-0.05, 0) is 229 Å². The van der Waals surface area contributed by atoms with Crippen molar-refractivity contribution in [1.29, 1.82) is 0 Å². The van der Waals surface area contributed by atoms with Gasteiger partial charge in [-0.1, -0.05) is 266 Å². The van der Waals surface area contributed by atoms with E-state index in [1.165, 1.54) is 72.8 Å². The fraction of sp³-hybridized carbons (Fsp3) is 0.0750. The van der Waals surface area contributed by atoms with Crippen LogP contribution in [0.25, 0.3) is 146 Å². The van der Waals surface area contributed by atoms with Gasteiger partial charge in [-0.25, -0.2) is 34.3 Å². The summed E-state index contributed by atoms with van der Waals surface area (Å²) < 4.78 is 12.6. The normalized spacial score (nSPS) is 10.3. The van der Waals surface area contributed by atoms with Gasteiger partial charge in [0, 0.05) is 122 Å². The molecule has 10 aromatic carbocycles. The van der Waals surface area contributed by atoms with Gasteiger partial charge in [-0.3, -0.25) is 44.9 Å². The number of fused-ring (bicyclic) bond motifs is 3. The van der Waals surface area contributed by atoms with Gasteiger partial charge in [0.05, 0.1) is 79.9 Å². The summed E-state index contributed by atoms with van der Waals surface area (Å²) in [4.78, 5) is 65.4. The molecule has 0 spiro atoms. The van der Waals surface area contributed by atoms with Crippen LogP contribution < -0.4 is 0 Å². The Morgan fingerprint density at radius 3 is 1.12 bits per heavy atom. The summed E-state index contributed by atoms with van der Waals surface area (Å²) in [5.74, 6) is 1.98. The van der Waals surface area contributed by atoms with Gasteiger partial charge in [0.1, 0.15) is 17.5 Å². The van der Waals surface area contributed by atoms with Crippen LogP contribution in [-0.2, 0) is 0 Å². The second-order valence-electron chi connectivity index (χ2n) is 31.8. The number of hydrogen-bond donors (Lipinski definition) is 0. The number of aryl methyl sites for hydroxylation is 9. The predicted octanol–water partition coefficient (Wildman–Crippen LogP) is 29.1. The highest BCUT2D eigenvalue weighted by atomic mass is 19.1. The summed E-state index contributed by atoms with van der Waals surface area (Å²) >= 11 is 0. The standard InChI is InChI=1S/3C17H14N2.C15H12N4.C12H10FN.C12H11N.3C10H9N/c1-13-10-14(16-6-2-4-8-18-16)12-15(11-13)17-7-3-5-9-19-17;1-13-18-16(14-8-4-2-5-9-14)12-17(19-13)15-10-6-3-7-11-15;1-13-12-16(14-8-4-2-5-9-14)19-17(18-13)15-10-6-3-7-11-15;1-11-18-14(12-6-2-4-8-16-12)10-15(19-11)13-7-3-5-9-17-13;1-9-2-4-10(5-3-9)12-7-6-11(13)8-14-12;1-10-5-4-6-11(9-10)12-7-2-3-8-13-12;1-8-6-11-7-9-4-2-3-5-10(8)9;1-8-6-9-4-2-3-5-10(9)11-7-8;1-8-6-7-11-10-5-3-2-4-9(8)10/h3*2-12H,1H3;2-10H,1H3;2-8H,1H3;2-9H,1H3;3*2-7H,1H3. The zero-order valence-electron chi connectivity index (χ0n) is 77.4. The molecule has 0 atom stereocenters. The van der Waals surface area contributed by atoms with Crippen LogP contribution in [0, 0.1) is 68.1 Å². The third kappa shape index (κ3) is 28.3. The quantitative estimate of drug-likeness (QED) is 0.125. The van der Waals surface area contributed by atoms with Gasteiger partial charge < -0.3 is 0 Å². The Bertz CT molecular complexity index is 6610. The van der Waals surface area contributed by atoms with E-state index in [-0.39, 0.29) is 5.82 Å². The number of halogens is 1. The maximum absolute atomic E-state index is 12.6. The van der Waals surface area contributed by atoms with Crippen molar-refractivity contribution in [3.05, 3.63) is 513 Å². The van der Waals surface area contributed by atoms with Crippen molar-refractivity contribution >= 4 is 32.6 Å². The summed E-state index contributed by atoms with van der Waals surface area (Å²) in [6.45, 7) is 18.3. The number of pyridine rings is 9. The minimum atomic E-state index is -0.305. The molecule has 15 nitrogen and oxygen atoms in total. The Kier molecular flexibility index (Phi) is 34.1. The van der Waals surface area contributed by atoms with Crippen molar-refractivity contribution in [3.63, 3.8) is 0 Å². The lowest BCUT2D eigenvalue weighted by Gasteiger charge is -2.07. The first-order valence-corrected chi connectivity index (χ1v) is 44.7. The molecule has 0 N–H and O–H groups in total. The average Bonchev–Trinajstić information content (AvgIpc) is 0.821. The number of para-hydroxylation sites is 2. The molecule has 0 saturated carbocycles. The highest BCUT2D eigenvalue weighted by molar-refractivity contribution is 5.85. The van der Waals surface area contributed by atoms with Crippen LogP contribution in [0.1, 0.15) is 50.7 Å². The zero-order chi connectivity index (χ0) is 94.4. The van der Waals surface area contributed by atoms with Crippen LogP contribution in [-0.4, -0.2) is 74.8 Å². The Morgan fingerprint density at radius 1 is 0.191 bits per heavy atom. The van der Waals surface area contributed by atoms with Crippen LogP contribution in [0.15, 0.2) is 456 Å². The molecule has 664 valence electrons. The first kappa shape index (κ1) is 94.6. The lowest BCUT2D eigenvalue weighted by atomic mass is 10.0. The first-order valence-electron chi connectivity index (χ1n) is 44.7. The van der Waals surface area contributed by atoms with Crippen LogP contribution in [0.4, 0.5) is 4.39 Å². The lowest BCUT2D eigenvalue weighted by molar-refractivity contribution is 0.622. The Morgan fingerprint density at radius 2 is 0.618 bits per heavy atom. The second kappa shape index (κ2) is 48.9. The molecule has 0 aliphatic rings. The highest BCUT2D eigenvalue weighted by Crippen LogP contribution is 2.30. The maximum Gasteiger partial charge on any atom is 0.160 e. The second-order valence-corrected chi connectivity index (χ2v) is 31.8. The van der Waals surface area contributed by atoms with E-state index in [9.17, 15) is 4.39 Å². The summed E-state index contributed by atoms with van der Waals surface area (Å²) in [7, 11) is 0. The molecule has 136 heavy (non-hydrogen) atoms. The number of rotatable bonds is 10. The van der Waals surface area contributed by atoms with Crippen molar-refractivity contribution in [1.82, 2.24) is 74.8 Å². The summed E-state index contributed by atoms with van der Waals surface area (Å²) in [6.07, 6.45) is 17.7. The van der Waals surface area contributed by atoms with Crippen molar-refractivity contribution < 1.29 is 4.39 Å². The van der Waals surface area contributed by atoms with E-state index in [2.05, 4.69) is 225 Å². The van der Waals surface area contributed by atoms with E-state index < -0.39 is 0 Å². The Balaban J connectivity index is 0.000000123. The van der Waals surface area contributed by atoms with Crippen molar-refractivity contribution in [3.8, 4) is 113 Å². The van der Waals surface area contributed by atoms with E-state index in [1.54, 1.807) is 18.5 Å². The minimum Gasteiger partial charge on any atom is -0.264 e. The third-order valence-corrected chi connectivity index (χ3v) is 21.1. The minimum absolute atomic E-state index is 0.305. The monoisotopic (exact) mass is 1770 g/mol. The van der Waals surface area contributed by atoms with Gasteiger partial charge in [0.2, 0.25) is 0 Å². The number of benzene rings is 10. The molecular weight excluding hydrogens is 1670 g/mol. The average molecular weight is 1770 g/mol. The predicted molar refractivity (Wildman–Crippen MR) is 554 cm³/mol. The van der Waals surface area contributed by atoms with E-state index in [0.717, 1.165) is 130 Å². The molecule has 12 aromatic heterocycles. The van der Waals surface area contributed by atoms with Crippen LogP contribution in [0.3, 0.4) is 0 Å². The van der Waals surface area contributed by atoms with Crippen molar-refractivity contribution in [2.24, 2.45) is 0 Å². The summed E-state index contributed by atoms with van der Waals surface area (Å²) in [5.41, 5.74) is 29.4. The van der Waals surface area contributed by atoms with Gasteiger partial charge in [-0.2, -0.15) is 0 Å². The van der Waals surface area contributed by atoms with E-state index >= 15 is 0 Å². The maximum atomic E-state index is 12.6. The molecule has 16 heteroatoms. The Hall–Kier alpha value is -17.5. The lowest BCUT2D eigenvalue weighted by Crippen LogP contribution is -1.96. The van der Waals surface area contributed by atoms with E-state index in [1.807, 2.05) is 338 Å². The fourth-order valence-corrected chi connectivity index (χ4v) is 14.4. The molecule has 0 unspecified atom stereocenters. The molecule has 0 aliphatic carbocycles. The Labute approximate surface area is 794 Å². The number of nitrogens with zero attached hydrogens (tertiary/aromatic N) is 15. The van der Waals surface area contributed by atoms with Crippen LogP contribution in [0.2, 0.25) is 0 Å². The molecule has 0 aliphatic heterocycles. The zero-order valence-corrected chi connectivity index (χ0v) is 77.4. The third-order valence-electron chi connectivity index (χ3n) is 21.1. The molecule has 22 aromatic rings. The van der Waals surface area contributed by atoms with E-state index in [0.29, 0.717) is 5.82 Å². The molecule has 0 radical (unpaired) electrons. The van der Waals surface area contributed by atoms with Crippen LogP contribution >= 0.6 is 0 Å². The molecule has 12 heterocycles. The smallest absolute Gasteiger partial charge is 0.160 e. The summed E-state index contributed by atoms with van der Waals surface area (Å²) in [6, 6.07) is 131. The van der Waals surface area contributed by atoms with Gasteiger partial charge in [-0.15, -0.1) is 0 Å². The molecule has 0 bridgehead atoms. The van der Waals surface area contributed by atoms with Crippen LogP contribution in [0.5, 0.6) is 0 Å². The van der Waals surface area contributed by atoms with Gasteiger partial charge >= 0.3 is 0 Å². The summed E-state index contributed by atoms with van der Waals surface area (Å²) in [5, 5.41) is 4.97. The SMILES string of the molecule is Cc1cc(-c2ccccc2)nc(-c2ccccc2)n1.Cc1cc(-c2ccccn2)cc(-c2ccccn2)c1.Cc1ccc(-c2ccc(F)cn2)cc1.Cc1cccc(-c2ccccn2)c1.Cc1ccnc2ccccc12.Cc1cnc2ccccc2c1.Cc1cncc2ccccc12.Cc1nc(-c2ccccc2)cc(-c2ccccc2)n1.Cc1nc(-c2ccccn2)cc(-c2ccccn2)n1. The highest BCUT2D eigenvalue weighted by Gasteiger charge is 2.12. The molecule has 0 amide bonds. The molecule has 22 rings (SSSR count). The topological polar surface area (TPSA) is 193 Å². The fourth-order valence-electron chi connectivity index (χ4n) is 14.4. The first-order chi connectivity index (χ1) is 66.5.